The fourth-order valence-corrected chi connectivity index (χ4v) is 2.99. The van der Waals surface area contributed by atoms with Gasteiger partial charge in [0.2, 0.25) is 0 Å². The van der Waals surface area contributed by atoms with E-state index in [4.69, 9.17) is 0 Å². The number of alkyl halides is 3. The van der Waals surface area contributed by atoms with Gasteiger partial charge in [-0.25, -0.2) is 9.78 Å². The monoisotopic (exact) mass is 429 g/mol. The summed E-state index contributed by atoms with van der Waals surface area (Å²) >= 11 is 0. The van der Waals surface area contributed by atoms with E-state index in [0.29, 0.717) is 16.9 Å². The number of hydrogen-bond donors (Lipinski definition) is 4. The largest absolute Gasteiger partial charge is 0.405 e. The molecule has 2 amide bonds. The average Bonchev–Trinajstić information content (AvgIpc) is 3.16. The van der Waals surface area contributed by atoms with Crippen LogP contribution in [-0.4, -0.2) is 33.1 Å². The van der Waals surface area contributed by atoms with Crippen LogP contribution in [0.25, 0.3) is 22.6 Å². The zero-order valence-electron chi connectivity index (χ0n) is 16.3. The molecular weight excluding hydrogens is 411 g/mol. The van der Waals surface area contributed by atoms with E-state index in [1.807, 2.05) is 41.8 Å². The first-order valence-corrected chi connectivity index (χ1v) is 9.24. The summed E-state index contributed by atoms with van der Waals surface area (Å²) in [5.74, 6) is 0. The fraction of sp³-hybridized carbons (Fsp3) is 0.150. The number of nitrogens with one attached hydrogen (secondary N) is 4. The molecule has 4 rings (SSSR count). The normalized spacial score (nSPS) is 13.7. The Bertz CT molecular complexity index is 1200. The van der Waals surface area contributed by atoms with Crippen molar-refractivity contribution in [1.29, 1.82) is 0 Å². The molecule has 0 aliphatic carbocycles. The topological polar surface area (TPSA) is 95.4 Å². The van der Waals surface area contributed by atoms with Gasteiger partial charge in [-0.3, -0.25) is 9.38 Å². The molecule has 0 saturated heterocycles. The van der Waals surface area contributed by atoms with Crippen LogP contribution in [0.5, 0.6) is 0 Å². The van der Waals surface area contributed by atoms with Crippen LogP contribution in [0.15, 0.2) is 60.8 Å². The molecule has 0 atom stereocenters. The molecule has 0 fully saturated rings. The number of imidazole rings is 1. The number of hydrazine groups is 1. The summed E-state index contributed by atoms with van der Waals surface area (Å²) in [5.41, 5.74) is 11.3. The Kier molecular flexibility index (Phi) is 5.24. The molecule has 160 valence electrons. The van der Waals surface area contributed by atoms with Gasteiger partial charge in [0.1, 0.15) is 12.2 Å². The highest BCUT2D eigenvalue weighted by Crippen LogP contribution is 2.24. The van der Waals surface area contributed by atoms with E-state index in [2.05, 4.69) is 26.1 Å². The third kappa shape index (κ3) is 4.77. The molecule has 0 saturated carbocycles. The van der Waals surface area contributed by atoms with Crippen molar-refractivity contribution in [2.45, 2.75) is 13.1 Å². The highest BCUT2D eigenvalue weighted by molar-refractivity contribution is 5.89. The van der Waals surface area contributed by atoms with Gasteiger partial charge in [0.05, 0.1) is 29.5 Å². The molecule has 0 bridgehead atoms. The first-order valence-electron chi connectivity index (χ1n) is 9.24. The lowest BCUT2D eigenvalue weighted by atomic mass is 10.1. The second kappa shape index (κ2) is 8.01. The first kappa shape index (κ1) is 20.3. The second-order valence-electron chi connectivity index (χ2n) is 6.85. The smallest absolute Gasteiger partial charge is 0.329 e. The molecule has 31 heavy (non-hydrogen) atoms. The quantitative estimate of drug-likeness (QED) is 0.510. The van der Waals surface area contributed by atoms with Crippen molar-refractivity contribution in [2.24, 2.45) is 0 Å². The molecule has 0 radical (unpaired) electrons. The van der Waals surface area contributed by atoms with Crippen LogP contribution in [-0.2, 0) is 0 Å². The van der Waals surface area contributed by atoms with Crippen LogP contribution in [0.1, 0.15) is 12.5 Å². The van der Waals surface area contributed by atoms with Gasteiger partial charge >= 0.3 is 12.2 Å². The zero-order chi connectivity index (χ0) is 22.0. The zero-order valence-corrected chi connectivity index (χ0v) is 16.3. The van der Waals surface area contributed by atoms with Gasteiger partial charge in [0.25, 0.3) is 0 Å². The van der Waals surface area contributed by atoms with Gasteiger partial charge in [-0.15, -0.1) is 0 Å². The van der Waals surface area contributed by atoms with Crippen LogP contribution in [0.3, 0.4) is 0 Å². The maximum absolute atomic E-state index is 12.2. The molecule has 1 aliphatic heterocycles. The summed E-state index contributed by atoms with van der Waals surface area (Å²) in [7, 11) is 0. The summed E-state index contributed by atoms with van der Waals surface area (Å²) in [6.45, 7) is 0.527. The van der Waals surface area contributed by atoms with Crippen LogP contribution in [0.2, 0.25) is 0 Å². The minimum atomic E-state index is -4.48. The van der Waals surface area contributed by atoms with E-state index in [-0.39, 0.29) is 5.69 Å². The van der Waals surface area contributed by atoms with Gasteiger partial charge in [-0.2, -0.15) is 13.2 Å². The lowest BCUT2D eigenvalue weighted by Gasteiger charge is -2.17. The van der Waals surface area contributed by atoms with Crippen LogP contribution >= 0.6 is 0 Å². The number of urea groups is 1. The van der Waals surface area contributed by atoms with Crippen LogP contribution in [0, 0.1) is 0 Å². The van der Waals surface area contributed by atoms with E-state index in [9.17, 15) is 18.0 Å². The van der Waals surface area contributed by atoms with Crippen molar-refractivity contribution in [3.63, 3.8) is 0 Å². The lowest BCUT2D eigenvalue weighted by Crippen LogP contribution is -2.36. The van der Waals surface area contributed by atoms with E-state index >= 15 is 0 Å². The number of rotatable bonds is 4. The molecule has 0 unspecified atom stereocenters. The Morgan fingerprint density at radius 2 is 1.97 bits per heavy atom. The summed E-state index contributed by atoms with van der Waals surface area (Å²) in [6.07, 6.45) is 5.89. The summed E-state index contributed by atoms with van der Waals surface area (Å²) < 4.78 is 38.6. The van der Waals surface area contributed by atoms with E-state index < -0.39 is 18.8 Å². The van der Waals surface area contributed by atoms with Gasteiger partial charge in [0, 0.05) is 29.2 Å². The molecule has 0 spiro atoms. The molecular formula is C20H18F3N7O. The number of carbonyl (C=O) groups is 1. The Morgan fingerprint density at radius 3 is 2.71 bits per heavy atom. The molecule has 4 N–H and O–H groups in total. The number of amides is 2. The van der Waals surface area contributed by atoms with E-state index in [1.54, 1.807) is 23.8 Å². The second-order valence-corrected chi connectivity index (χ2v) is 6.85. The third-order valence-corrected chi connectivity index (χ3v) is 4.46. The number of nitrogens with zero attached hydrogens (tertiary/aromatic N) is 3. The van der Waals surface area contributed by atoms with Crippen molar-refractivity contribution >= 4 is 23.1 Å². The maximum Gasteiger partial charge on any atom is 0.405 e. The van der Waals surface area contributed by atoms with E-state index in [0.717, 1.165) is 17.0 Å². The average molecular weight is 429 g/mol. The van der Waals surface area contributed by atoms with Crippen molar-refractivity contribution < 1.29 is 18.0 Å². The number of allylic oxidation sites excluding steroid dienone is 3. The fourth-order valence-electron chi connectivity index (χ4n) is 2.99. The number of hydrogen-bond acceptors (Lipinski definition) is 5. The molecule has 3 aromatic heterocycles. The first-order chi connectivity index (χ1) is 14.8. The predicted molar refractivity (Wildman–Crippen MR) is 110 cm³/mol. The number of halogens is 3. The Morgan fingerprint density at radius 1 is 1.13 bits per heavy atom. The third-order valence-electron chi connectivity index (χ3n) is 4.46. The van der Waals surface area contributed by atoms with Gasteiger partial charge < -0.3 is 21.5 Å². The summed E-state index contributed by atoms with van der Waals surface area (Å²) in [4.78, 5) is 20.2. The Balaban J connectivity index is 1.55. The minimum absolute atomic E-state index is 0.258. The SMILES string of the molecule is CC1=CC=C(c2ccn3c(-c4cncc(NC(=O)NCC(F)(F)F)c4)cnc3c2)NN1. The lowest BCUT2D eigenvalue weighted by molar-refractivity contribution is -0.122. The Labute approximate surface area is 174 Å². The van der Waals surface area contributed by atoms with Crippen molar-refractivity contribution in [2.75, 3.05) is 11.9 Å². The molecule has 1 aliphatic rings. The van der Waals surface area contributed by atoms with Crippen LogP contribution < -0.4 is 21.5 Å². The Hall–Kier alpha value is -4.02. The molecule has 0 aromatic carbocycles. The van der Waals surface area contributed by atoms with Gasteiger partial charge in [-0.1, -0.05) is 0 Å². The number of anilines is 1. The van der Waals surface area contributed by atoms with Crippen LogP contribution in [0.4, 0.5) is 23.7 Å². The number of fused-ring (bicyclic) bond motifs is 1. The number of pyridine rings is 2. The summed E-state index contributed by atoms with van der Waals surface area (Å²) in [5, 5.41) is 4.10. The summed E-state index contributed by atoms with van der Waals surface area (Å²) in [6, 6.07) is 4.48. The van der Waals surface area contributed by atoms with Gasteiger partial charge in [0.15, 0.2) is 0 Å². The van der Waals surface area contributed by atoms with E-state index in [1.165, 1.54) is 6.20 Å². The van der Waals surface area contributed by atoms with Crippen molar-refractivity contribution in [3.05, 3.63) is 66.4 Å². The number of carbonyl (C=O) groups excluding carboxylic acids is 1. The highest BCUT2D eigenvalue weighted by Gasteiger charge is 2.27. The molecule has 11 heteroatoms. The van der Waals surface area contributed by atoms with Crippen molar-refractivity contribution in [3.8, 4) is 11.3 Å². The predicted octanol–water partition coefficient (Wildman–Crippen LogP) is 3.43. The minimum Gasteiger partial charge on any atom is -0.329 e. The standard InChI is InChI=1S/C20H18F3N7O/c1-12-2-3-16(29-28-12)13-4-5-30-17(10-25-18(30)7-13)14-6-15(9-24-8-14)27-19(31)26-11-20(21,22)23/h2-10,28-29H,11H2,1H3,(H2,26,27,31). The highest BCUT2D eigenvalue weighted by atomic mass is 19.4. The number of aromatic nitrogens is 3. The van der Waals surface area contributed by atoms with Gasteiger partial charge in [-0.05, 0) is 37.3 Å². The molecule has 3 aromatic rings. The molecule has 8 nitrogen and oxygen atoms in total. The van der Waals surface area contributed by atoms with Crippen molar-refractivity contribution in [1.82, 2.24) is 30.5 Å². The maximum atomic E-state index is 12.2. The molecule has 4 heterocycles.